The summed E-state index contributed by atoms with van der Waals surface area (Å²) in [4.78, 5) is 18.5. The summed E-state index contributed by atoms with van der Waals surface area (Å²) in [6.07, 6.45) is 2.19. The number of amidine groups is 1. The number of unbranched alkanes of at least 4 members (excludes halogenated alkanes) is 1. The van der Waals surface area contributed by atoms with E-state index in [4.69, 9.17) is 0 Å². The van der Waals surface area contributed by atoms with Gasteiger partial charge in [-0.15, -0.1) is 0 Å². The summed E-state index contributed by atoms with van der Waals surface area (Å²) in [6, 6.07) is 6.07. The SMILES string of the molecule is CCCCN=C1SCC(=O)N1c1cccc(C)c1C. The lowest BCUT2D eigenvalue weighted by Crippen LogP contribution is -2.30. The lowest BCUT2D eigenvalue weighted by molar-refractivity contribution is -0.115. The van der Waals surface area contributed by atoms with Crippen LogP contribution in [-0.4, -0.2) is 23.4 Å². The van der Waals surface area contributed by atoms with E-state index in [2.05, 4.69) is 31.8 Å². The van der Waals surface area contributed by atoms with Gasteiger partial charge in [0.2, 0.25) is 5.91 Å². The van der Waals surface area contributed by atoms with Gasteiger partial charge in [0.05, 0.1) is 11.4 Å². The van der Waals surface area contributed by atoms with E-state index in [1.807, 2.05) is 12.1 Å². The zero-order chi connectivity index (χ0) is 13.8. The molecule has 4 heteroatoms. The van der Waals surface area contributed by atoms with Crippen molar-refractivity contribution in [1.29, 1.82) is 0 Å². The molecule has 0 atom stereocenters. The number of aryl methyl sites for hydroxylation is 1. The highest BCUT2D eigenvalue weighted by Gasteiger charge is 2.30. The van der Waals surface area contributed by atoms with Crippen LogP contribution in [0.5, 0.6) is 0 Å². The summed E-state index contributed by atoms with van der Waals surface area (Å²) in [6.45, 7) is 7.08. The van der Waals surface area contributed by atoms with Crippen molar-refractivity contribution < 1.29 is 4.79 Å². The molecule has 0 N–H and O–H groups in total. The fourth-order valence-electron chi connectivity index (χ4n) is 2.03. The first kappa shape index (κ1) is 14.1. The number of anilines is 1. The number of thioether (sulfide) groups is 1. The number of amides is 1. The highest BCUT2D eigenvalue weighted by atomic mass is 32.2. The smallest absolute Gasteiger partial charge is 0.243 e. The van der Waals surface area contributed by atoms with Gasteiger partial charge in [0, 0.05) is 6.54 Å². The number of nitrogens with zero attached hydrogens (tertiary/aromatic N) is 2. The molecule has 1 aliphatic heterocycles. The molecular weight excluding hydrogens is 256 g/mol. The van der Waals surface area contributed by atoms with Crippen molar-refractivity contribution in [1.82, 2.24) is 0 Å². The molecule has 0 radical (unpaired) electrons. The average Bonchev–Trinajstić information content (AvgIpc) is 2.75. The maximum Gasteiger partial charge on any atom is 0.243 e. The van der Waals surface area contributed by atoms with Crippen molar-refractivity contribution in [3.05, 3.63) is 29.3 Å². The van der Waals surface area contributed by atoms with Crippen molar-refractivity contribution in [3.8, 4) is 0 Å². The first-order valence-electron chi connectivity index (χ1n) is 6.71. The largest absolute Gasteiger partial charge is 0.273 e. The van der Waals surface area contributed by atoms with Crippen LogP contribution in [-0.2, 0) is 4.79 Å². The number of hydrogen-bond acceptors (Lipinski definition) is 3. The van der Waals surface area contributed by atoms with Crippen molar-refractivity contribution in [2.45, 2.75) is 33.6 Å². The minimum Gasteiger partial charge on any atom is -0.273 e. The van der Waals surface area contributed by atoms with Gasteiger partial charge in [-0.2, -0.15) is 0 Å². The molecule has 0 bridgehead atoms. The second-order valence-corrected chi connectivity index (χ2v) is 5.70. The zero-order valence-corrected chi connectivity index (χ0v) is 12.6. The van der Waals surface area contributed by atoms with Crippen LogP contribution < -0.4 is 4.90 Å². The van der Waals surface area contributed by atoms with Gasteiger partial charge in [0.15, 0.2) is 5.17 Å². The maximum atomic E-state index is 12.1. The van der Waals surface area contributed by atoms with Gasteiger partial charge >= 0.3 is 0 Å². The molecule has 0 aliphatic carbocycles. The fourth-order valence-corrected chi connectivity index (χ4v) is 2.92. The normalized spacial score (nSPS) is 17.5. The van der Waals surface area contributed by atoms with Crippen LogP contribution >= 0.6 is 11.8 Å². The molecule has 1 aromatic carbocycles. The summed E-state index contributed by atoms with van der Waals surface area (Å²) in [7, 11) is 0. The lowest BCUT2D eigenvalue weighted by Gasteiger charge is -2.19. The molecule has 1 aliphatic rings. The Balaban J connectivity index is 2.31. The molecule has 0 unspecified atom stereocenters. The Labute approximate surface area is 119 Å². The van der Waals surface area contributed by atoms with Crippen LogP contribution in [0.4, 0.5) is 5.69 Å². The topological polar surface area (TPSA) is 32.7 Å². The predicted molar refractivity (Wildman–Crippen MR) is 83.1 cm³/mol. The molecule has 1 heterocycles. The van der Waals surface area contributed by atoms with E-state index in [-0.39, 0.29) is 5.91 Å². The molecule has 3 nitrogen and oxygen atoms in total. The average molecular weight is 276 g/mol. The van der Waals surface area contributed by atoms with E-state index < -0.39 is 0 Å². The van der Waals surface area contributed by atoms with Crippen LogP contribution in [0, 0.1) is 13.8 Å². The maximum absolute atomic E-state index is 12.1. The number of carbonyl (C=O) groups is 1. The van der Waals surface area contributed by atoms with Crippen molar-refractivity contribution in [2.75, 3.05) is 17.2 Å². The van der Waals surface area contributed by atoms with Crippen molar-refractivity contribution in [3.63, 3.8) is 0 Å². The van der Waals surface area contributed by atoms with Crippen LogP contribution in [0.1, 0.15) is 30.9 Å². The minimum atomic E-state index is 0.133. The number of carbonyl (C=O) groups excluding carboxylic acids is 1. The zero-order valence-electron chi connectivity index (χ0n) is 11.8. The standard InChI is InChI=1S/C15H20N2OS/c1-4-5-9-16-15-17(14(18)10-19-15)13-8-6-7-11(2)12(13)3/h6-8H,4-5,9-10H2,1-3H3. The second-order valence-electron chi connectivity index (χ2n) is 4.75. The van der Waals surface area contributed by atoms with Crippen molar-refractivity contribution in [2.24, 2.45) is 4.99 Å². The number of hydrogen-bond donors (Lipinski definition) is 0. The van der Waals surface area contributed by atoms with Gasteiger partial charge < -0.3 is 0 Å². The molecule has 1 fully saturated rings. The number of benzene rings is 1. The van der Waals surface area contributed by atoms with Gasteiger partial charge in [-0.05, 0) is 37.5 Å². The molecule has 102 valence electrons. The molecule has 0 aromatic heterocycles. The predicted octanol–water partition coefficient (Wildman–Crippen LogP) is 3.54. The van der Waals surface area contributed by atoms with E-state index >= 15 is 0 Å². The Morgan fingerprint density at radius 2 is 2.16 bits per heavy atom. The number of aliphatic imine (C=N–C) groups is 1. The Kier molecular flexibility index (Phi) is 4.64. The summed E-state index contributed by atoms with van der Waals surface area (Å²) < 4.78 is 0. The third-order valence-electron chi connectivity index (χ3n) is 3.34. The minimum absolute atomic E-state index is 0.133. The highest BCUT2D eigenvalue weighted by molar-refractivity contribution is 8.15. The first-order valence-corrected chi connectivity index (χ1v) is 7.70. The van der Waals surface area contributed by atoms with E-state index in [9.17, 15) is 4.79 Å². The van der Waals surface area contributed by atoms with Gasteiger partial charge in [-0.1, -0.05) is 37.2 Å². The van der Waals surface area contributed by atoms with Crippen LogP contribution in [0.15, 0.2) is 23.2 Å². The summed E-state index contributed by atoms with van der Waals surface area (Å²) >= 11 is 1.54. The fraction of sp³-hybridized carbons (Fsp3) is 0.467. The Hall–Kier alpha value is -1.29. The Morgan fingerprint density at radius 1 is 1.37 bits per heavy atom. The Bertz CT molecular complexity index is 511. The third kappa shape index (κ3) is 3.00. The van der Waals surface area contributed by atoms with Crippen LogP contribution in [0.2, 0.25) is 0 Å². The third-order valence-corrected chi connectivity index (χ3v) is 4.30. The highest BCUT2D eigenvalue weighted by Crippen LogP contribution is 2.30. The monoisotopic (exact) mass is 276 g/mol. The summed E-state index contributed by atoms with van der Waals surface area (Å²) in [5, 5.41) is 0.854. The van der Waals surface area contributed by atoms with Crippen LogP contribution in [0.3, 0.4) is 0 Å². The van der Waals surface area contributed by atoms with E-state index in [1.54, 1.807) is 16.7 Å². The van der Waals surface area contributed by atoms with Crippen LogP contribution in [0.25, 0.3) is 0 Å². The summed E-state index contributed by atoms with van der Waals surface area (Å²) in [5.74, 6) is 0.632. The molecule has 0 spiro atoms. The van der Waals surface area contributed by atoms with E-state index in [1.165, 1.54) is 5.56 Å². The molecule has 1 amide bonds. The molecule has 2 rings (SSSR count). The van der Waals surface area contributed by atoms with Gasteiger partial charge in [-0.25, -0.2) is 0 Å². The molecule has 1 saturated heterocycles. The van der Waals surface area contributed by atoms with E-state index in [0.717, 1.165) is 35.8 Å². The molecule has 1 aromatic rings. The molecule has 0 saturated carbocycles. The summed E-state index contributed by atoms with van der Waals surface area (Å²) in [5.41, 5.74) is 3.34. The van der Waals surface area contributed by atoms with E-state index in [0.29, 0.717) is 5.75 Å². The van der Waals surface area contributed by atoms with Gasteiger partial charge in [-0.3, -0.25) is 14.7 Å². The molecule has 19 heavy (non-hydrogen) atoms. The van der Waals surface area contributed by atoms with Crippen molar-refractivity contribution >= 4 is 28.5 Å². The quantitative estimate of drug-likeness (QED) is 0.788. The van der Waals surface area contributed by atoms with Gasteiger partial charge in [0.25, 0.3) is 0 Å². The molecular formula is C15H20N2OS. The lowest BCUT2D eigenvalue weighted by atomic mass is 10.1. The van der Waals surface area contributed by atoms with Gasteiger partial charge in [0.1, 0.15) is 0 Å². The first-order chi connectivity index (χ1) is 9.15. The Morgan fingerprint density at radius 3 is 2.89 bits per heavy atom. The number of rotatable bonds is 4. The second kappa shape index (κ2) is 6.24.